The summed E-state index contributed by atoms with van der Waals surface area (Å²) in [6.45, 7) is 13.2. The highest BCUT2D eigenvalue weighted by Crippen LogP contribution is 2.43. The van der Waals surface area contributed by atoms with Crippen LogP contribution in [0.4, 0.5) is 0 Å². The van der Waals surface area contributed by atoms with Crippen molar-refractivity contribution >= 4 is 37.4 Å². The summed E-state index contributed by atoms with van der Waals surface area (Å²) >= 11 is 0. The first-order chi connectivity index (χ1) is 33.2. The zero-order chi connectivity index (χ0) is 49.5. The largest absolute Gasteiger partial charge is 0.497 e. The maximum atomic E-state index is 11.7. The molecule has 7 rings (SSSR count). The van der Waals surface area contributed by atoms with Gasteiger partial charge in [-0.15, -0.1) is 0 Å². The summed E-state index contributed by atoms with van der Waals surface area (Å²) < 4.78 is 31.4. The van der Waals surface area contributed by atoms with Crippen LogP contribution >= 0.6 is 0 Å². The molecule has 0 spiro atoms. The van der Waals surface area contributed by atoms with E-state index in [-0.39, 0.29) is 36.5 Å². The molecule has 0 fully saturated rings. The molecule has 0 aliphatic carbocycles. The van der Waals surface area contributed by atoms with Gasteiger partial charge in [0, 0.05) is 0 Å². The number of rotatable bonds is 19. The zero-order valence-electron chi connectivity index (χ0n) is 41.4. The van der Waals surface area contributed by atoms with E-state index in [4.69, 9.17) is 28.2 Å². The fourth-order valence-corrected chi connectivity index (χ4v) is 18.6. The van der Waals surface area contributed by atoms with Gasteiger partial charge >= 0.3 is 0 Å². The molecular weight excluding hydrogens is 893 g/mol. The first kappa shape index (κ1) is 52.7. The molecule has 0 heterocycles. The van der Waals surface area contributed by atoms with Gasteiger partial charge in [0.2, 0.25) is 0 Å². The van der Waals surface area contributed by atoms with Crippen LogP contribution in [-0.4, -0.2) is 84.8 Å². The molecule has 3 N–H and O–H groups in total. The van der Waals surface area contributed by atoms with Gasteiger partial charge in [-0.25, -0.2) is 0 Å². The molecule has 0 aliphatic heterocycles. The Morgan fingerprint density at radius 3 is 0.971 bits per heavy atom. The third-order valence-electron chi connectivity index (χ3n) is 12.7. The molecule has 0 aliphatic rings. The zero-order valence-corrected chi connectivity index (χ0v) is 43.4. The van der Waals surface area contributed by atoms with Crippen LogP contribution in [0, 0.1) is 0 Å². The first-order valence-corrected chi connectivity index (χ1v) is 27.4. The van der Waals surface area contributed by atoms with E-state index in [9.17, 15) is 10.2 Å². The fraction of sp³-hybridized carbons (Fsp3) is 0.288. The standard InChI is InChI=1S/C40H44O5Si.C19H26O3Si/c1-39(2,3)46(37-17-11-7-12-18-37,38-19-13-8-14-20-38)45-30-34(41)29-44-40(31-15-9-6-10-16-31,32-21-25-35(42-4)26-22-32)33-23-27-36(43-5)28-24-33;1-19(2,3)23(22-15-16(21)14-20,17-10-6-4-7-11-17)18-12-8-5-9-13-18/h6-28,34,41H,29-30H2,1-5H3;4-13,16,20-21H,14-15H2,1-3H3/t34-;16-/m00/s1. The maximum absolute atomic E-state index is 11.7. The van der Waals surface area contributed by atoms with Crippen molar-refractivity contribution in [2.45, 2.75) is 69.4 Å². The van der Waals surface area contributed by atoms with E-state index >= 15 is 0 Å². The summed E-state index contributed by atoms with van der Waals surface area (Å²) in [5.41, 5.74) is 1.72. The van der Waals surface area contributed by atoms with Crippen molar-refractivity contribution in [3.05, 3.63) is 217 Å². The van der Waals surface area contributed by atoms with Gasteiger partial charge in [0.1, 0.15) is 17.1 Å². The molecule has 0 aromatic heterocycles. The van der Waals surface area contributed by atoms with E-state index in [1.807, 2.05) is 115 Å². The minimum atomic E-state index is -2.84. The Bertz CT molecular complexity index is 2420. The molecular formula is C59H70O8Si2. The van der Waals surface area contributed by atoms with Gasteiger partial charge in [0.05, 0.1) is 52.9 Å². The summed E-state index contributed by atoms with van der Waals surface area (Å²) in [6, 6.07) is 67.3. The van der Waals surface area contributed by atoms with Crippen LogP contribution in [0.2, 0.25) is 10.1 Å². The van der Waals surface area contributed by atoms with Gasteiger partial charge in [0.25, 0.3) is 16.6 Å². The highest BCUT2D eigenvalue weighted by Gasteiger charge is 2.51. The second-order valence-corrected chi connectivity index (χ2v) is 27.9. The van der Waals surface area contributed by atoms with Crippen molar-refractivity contribution in [2.24, 2.45) is 0 Å². The minimum absolute atomic E-state index is 0.0329. The number of hydrogen-bond acceptors (Lipinski definition) is 8. The molecule has 10 heteroatoms. The highest BCUT2D eigenvalue weighted by molar-refractivity contribution is 7.00. The number of methoxy groups -OCH3 is 2. The average molecular weight is 963 g/mol. The van der Waals surface area contributed by atoms with Gasteiger partial charge in [-0.05, 0) is 71.8 Å². The van der Waals surface area contributed by atoms with Crippen LogP contribution in [0.5, 0.6) is 11.5 Å². The second-order valence-electron chi connectivity index (χ2n) is 19.3. The predicted molar refractivity (Wildman–Crippen MR) is 285 cm³/mol. The molecule has 8 nitrogen and oxygen atoms in total. The van der Waals surface area contributed by atoms with Crippen LogP contribution in [-0.2, 0) is 19.2 Å². The maximum Gasteiger partial charge on any atom is 0.261 e. The molecule has 2 atom stereocenters. The van der Waals surface area contributed by atoms with Crippen molar-refractivity contribution in [3.63, 3.8) is 0 Å². The molecule has 0 unspecified atom stereocenters. The van der Waals surface area contributed by atoms with Crippen LogP contribution in [0.3, 0.4) is 0 Å². The summed E-state index contributed by atoms with van der Waals surface area (Å²) in [5, 5.41) is 35.0. The van der Waals surface area contributed by atoms with Crippen molar-refractivity contribution in [2.75, 3.05) is 40.6 Å². The Labute approximate surface area is 412 Å². The second kappa shape index (κ2) is 23.8. The molecule has 0 bridgehead atoms. The molecule has 0 radical (unpaired) electrons. The van der Waals surface area contributed by atoms with Crippen molar-refractivity contribution in [1.29, 1.82) is 0 Å². The normalized spacial score (nSPS) is 13.1. The molecule has 7 aromatic carbocycles. The minimum Gasteiger partial charge on any atom is -0.497 e. The number of hydrogen-bond donors (Lipinski definition) is 3. The first-order valence-electron chi connectivity index (χ1n) is 23.6. The molecule has 0 saturated heterocycles. The predicted octanol–water partition coefficient (Wildman–Crippen LogP) is 8.87. The van der Waals surface area contributed by atoms with E-state index < -0.39 is 34.4 Å². The van der Waals surface area contributed by atoms with E-state index in [1.165, 1.54) is 10.4 Å². The quantitative estimate of drug-likeness (QED) is 0.0546. The van der Waals surface area contributed by atoms with E-state index in [0.717, 1.165) is 38.6 Å². The van der Waals surface area contributed by atoms with Crippen LogP contribution in [0.25, 0.3) is 0 Å². The summed E-state index contributed by atoms with van der Waals surface area (Å²) in [7, 11) is -2.13. The molecule has 362 valence electrons. The van der Waals surface area contributed by atoms with Crippen molar-refractivity contribution in [1.82, 2.24) is 0 Å². The number of aliphatic hydroxyl groups is 3. The van der Waals surface area contributed by atoms with Crippen LogP contribution in [0.15, 0.2) is 200 Å². The fourth-order valence-electron chi connectivity index (χ4n) is 9.36. The number of aliphatic hydroxyl groups excluding tert-OH is 3. The Morgan fingerprint density at radius 2 is 0.681 bits per heavy atom. The third-order valence-corrected chi connectivity index (χ3v) is 22.7. The highest BCUT2D eigenvalue weighted by atomic mass is 28.4. The average Bonchev–Trinajstić information content (AvgIpc) is 3.38. The molecule has 0 amide bonds. The smallest absolute Gasteiger partial charge is 0.261 e. The van der Waals surface area contributed by atoms with Gasteiger partial charge in [0.15, 0.2) is 0 Å². The molecule has 7 aromatic rings. The topological polar surface area (TPSA) is 107 Å². The SMILES string of the molecule is CC(C)(C)[Si](OC[C@@H](O)CO)(c1ccccc1)c1ccccc1.COc1ccc(C(OC[C@H](O)CO[Si](c2ccccc2)(c2ccccc2)C(C)(C)C)(c2ccccc2)c2ccc(OC)cc2)cc1. The van der Waals surface area contributed by atoms with Crippen LogP contribution < -0.4 is 30.2 Å². The Hall–Kier alpha value is -5.67. The summed E-state index contributed by atoms with van der Waals surface area (Å²) in [6.07, 6.45) is -1.77. The van der Waals surface area contributed by atoms with E-state index in [0.29, 0.717) is 0 Å². The lowest BCUT2D eigenvalue weighted by atomic mass is 9.80. The Balaban J connectivity index is 0.000000285. The van der Waals surface area contributed by atoms with Gasteiger partial charge in [-0.3, -0.25) is 0 Å². The van der Waals surface area contributed by atoms with Crippen LogP contribution in [0.1, 0.15) is 58.2 Å². The Morgan fingerprint density at radius 1 is 0.391 bits per heavy atom. The number of ether oxygens (including phenoxy) is 3. The number of benzene rings is 7. The Kier molecular flexibility index (Phi) is 18.2. The van der Waals surface area contributed by atoms with E-state index in [1.54, 1.807) is 14.2 Å². The van der Waals surface area contributed by atoms with Gasteiger partial charge < -0.3 is 38.4 Å². The van der Waals surface area contributed by atoms with Gasteiger partial charge in [-0.1, -0.05) is 217 Å². The van der Waals surface area contributed by atoms with Crippen molar-refractivity contribution in [3.8, 4) is 11.5 Å². The van der Waals surface area contributed by atoms with Gasteiger partial charge in [-0.2, -0.15) is 0 Å². The lowest BCUT2D eigenvalue weighted by molar-refractivity contribution is -0.0504. The molecule has 0 saturated carbocycles. The lowest BCUT2D eigenvalue weighted by Gasteiger charge is -2.43. The molecule has 69 heavy (non-hydrogen) atoms. The third kappa shape index (κ3) is 11.9. The van der Waals surface area contributed by atoms with E-state index in [2.05, 4.69) is 126 Å². The summed E-state index contributed by atoms with van der Waals surface area (Å²) in [4.78, 5) is 0. The lowest BCUT2D eigenvalue weighted by Crippen LogP contribution is -2.67. The van der Waals surface area contributed by atoms with Crippen molar-refractivity contribution < 1.29 is 38.4 Å². The summed E-state index contributed by atoms with van der Waals surface area (Å²) in [5.74, 6) is 1.50. The monoisotopic (exact) mass is 962 g/mol.